The summed E-state index contributed by atoms with van der Waals surface area (Å²) in [6.45, 7) is 4.86. The number of nitrogens with one attached hydrogen (secondary N) is 1. The molecule has 0 radical (unpaired) electrons. The van der Waals surface area contributed by atoms with Crippen LogP contribution in [0.3, 0.4) is 0 Å². The molecule has 0 aliphatic heterocycles. The lowest BCUT2D eigenvalue weighted by molar-refractivity contribution is 0.730. The Hall–Kier alpha value is -1.03. The summed E-state index contributed by atoms with van der Waals surface area (Å²) in [6, 6.07) is 3.70. The number of fused-ring (bicyclic) bond motifs is 1. The summed E-state index contributed by atoms with van der Waals surface area (Å²) in [6.07, 6.45) is 3.66. The van der Waals surface area contributed by atoms with E-state index in [1.165, 1.54) is 0 Å². The zero-order chi connectivity index (χ0) is 11.5. The highest BCUT2D eigenvalue weighted by Crippen LogP contribution is 2.12. The molecular weight excluding hydrogens is 245 g/mol. The molecule has 2 rings (SSSR count). The van der Waals surface area contributed by atoms with E-state index in [4.69, 9.17) is 23.2 Å². The maximum absolute atomic E-state index is 5.93. The van der Waals surface area contributed by atoms with Crippen LogP contribution in [0.2, 0.25) is 5.02 Å². The number of nitrogens with zero attached hydrogens (tertiary/aromatic N) is 2. The topological polar surface area (TPSA) is 29.3 Å². The fraction of sp³-hybridized carbons (Fsp3) is 0.182. The highest BCUT2D eigenvalue weighted by Gasteiger charge is 2.02. The zero-order valence-electron chi connectivity index (χ0n) is 8.58. The molecule has 0 amide bonds. The molecule has 2 heterocycles. The van der Waals surface area contributed by atoms with E-state index in [-0.39, 0.29) is 0 Å². The number of hydrogen-bond acceptors (Lipinski definition) is 2. The van der Waals surface area contributed by atoms with Gasteiger partial charge < -0.3 is 9.72 Å². The van der Waals surface area contributed by atoms with Gasteiger partial charge >= 0.3 is 0 Å². The predicted molar refractivity (Wildman–Crippen MR) is 66.9 cm³/mol. The van der Waals surface area contributed by atoms with Crippen molar-refractivity contribution >= 4 is 28.8 Å². The predicted octanol–water partition coefficient (Wildman–Crippen LogP) is 2.83. The maximum atomic E-state index is 5.93. The minimum atomic E-state index is 0.579. The number of aromatic nitrogens is 2. The lowest BCUT2D eigenvalue weighted by Gasteiger charge is -2.03. The molecule has 1 N–H and O–H groups in total. The fourth-order valence-electron chi connectivity index (χ4n) is 1.46. The van der Waals surface area contributed by atoms with E-state index in [1.807, 2.05) is 28.9 Å². The fourth-order valence-corrected chi connectivity index (χ4v) is 1.72. The van der Waals surface area contributed by atoms with Crippen molar-refractivity contribution in [1.29, 1.82) is 0 Å². The van der Waals surface area contributed by atoms with Crippen molar-refractivity contribution in [1.82, 2.24) is 14.7 Å². The highest BCUT2D eigenvalue weighted by atomic mass is 35.5. The Labute approximate surface area is 104 Å². The number of hydrogen-bond donors (Lipinski definition) is 1. The first-order valence-corrected chi connectivity index (χ1v) is 5.58. The second kappa shape index (κ2) is 4.87. The first-order valence-electron chi connectivity index (χ1n) is 4.82. The van der Waals surface area contributed by atoms with Gasteiger partial charge in [0, 0.05) is 24.3 Å². The molecular formula is C11H11Cl2N3. The van der Waals surface area contributed by atoms with Crippen molar-refractivity contribution in [2.45, 2.75) is 6.54 Å². The largest absolute Gasteiger partial charge is 0.306 e. The average Bonchev–Trinajstić information content (AvgIpc) is 2.60. The molecule has 2 aromatic rings. The second-order valence-corrected chi connectivity index (χ2v) is 4.42. The molecule has 0 saturated heterocycles. The molecule has 0 unspecified atom stereocenters. The van der Waals surface area contributed by atoms with E-state index in [0.717, 1.165) is 11.3 Å². The van der Waals surface area contributed by atoms with Crippen LogP contribution in [0.5, 0.6) is 0 Å². The van der Waals surface area contributed by atoms with Gasteiger partial charge in [-0.25, -0.2) is 4.98 Å². The summed E-state index contributed by atoms with van der Waals surface area (Å²) in [4.78, 5) is 4.27. The molecule has 2 aromatic heterocycles. The van der Waals surface area contributed by atoms with E-state index >= 15 is 0 Å². The standard InChI is InChI=1S/C11H11Cl2N3/c1-8(12)4-14-5-10-6-15-11-3-2-9(13)7-16(10)11/h2-3,6-7,14H,1,4-5H2. The summed E-state index contributed by atoms with van der Waals surface area (Å²) in [7, 11) is 0. The van der Waals surface area contributed by atoms with Crippen LogP contribution in [-0.4, -0.2) is 15.9 Å². The molecule has 16 heavy (non-hydrogen) atoms. The first kappa shape index (κ1) is 11.5. The van der Waals surface area contributed by atoms with Crippen LogP contribution in [0.4, 0.5) is 0 Å². The van der Waals surface area contributed by atoms with Gasteiger partial charge in [-0.05, 0) is 12.1 Å². The quantitative estimate of drug-likeness (QED) is 0.911. The van der Waals surface area contributed by atoms with Crippen LogP contribution < -0.4 is 5.32 Å². The molecule has 0 aliphatic carbocycles. The van der Waals surface area contributed by atoms with Crippen molar-refractivity contribution in [2.75, 3.05) is 6.54 Å². The number of rotatable bonds is 4. The van der Waals surface area contributed by atoms with Gasteiger partial charge in [0.2, 0.25) is 0 Å². The van der Waals surface area contributed by atoms with Crippen LogP contribution >= 0.6 is 23.2 Å². The molecule has 0 aliphatic rings. The van der Waals surface area contributed by atoms with Gasteiger partial charge in [0.05, 0.1) is 16.9 Å². The van der Waals surface area contributed by atoms with Crippen LogP contribution in [0.15, 0.2) is 36.1 Å². The first-order chi connectivity index (χ1) is 7.66. The van der Waals surface area contributed by atoms with Crippen molar-refractivity contribution in [3.05, 3.63) is 46.9 Å². The molecule has 0 spiro atoms. The van der Waals surface area contributed by atoms with E-state index in [1.54, 1.807) is 0 Å². The third kappa shape index (κ3) is 2.55. The van der Waals surface area contributed by atoms with Crippen molar-refractivity contribution in [3.8, 4) is 0 Å². The number of halogens is 2. The van der Waals surface area contributed by atoms with E-state index in [0.29, 0.717) is 23.1 Å². The van der Waals surface area contributed by atoms with Gasteiger partial charge in [-0.2, -0.15) is 0 Å². The minimum Gasteiger partial charge on any atom is -0.306 e. The number of imidazole rings is 1. The van der Waals surface area contributed by atoms with Crippen LogP contribution in [-0.2, 0) is 6.54 Å². The Kier molecular flexibility index (Phi) is 3.49. The normalized spacial score (nSPS) is 10.9. The molecule has 0 aromatic carbocycles. The van der Waals surface area contributed by atoms with Crippen molar-refractivity contribution in [2.24, 2.45) is 0 Å². The van der Waals surface area contributed by atoms with Crippen molar-refractivity contribution in [3.63, 3.8) is 0 Å². The van der Waals surface area contributed by atoms with Crippen LogP contribution in [0.1, 0.15) is 5.69 Å². The molecule has 0 fully saturated rings. The molecule has 3 nitrogen and oxygen atoms in total. The Morgan fingerprint density at radius 2 is 2.31 bits per heavy atom. The van der Waals surface area contributed by atoms with Gasteiger partial charge in [-0.1, -0.05) is 29.8 Å². The summed E-state index contributed by atoms with van der Waals surface area (Å²) in [5.74, 6) is 0. The van der Waals surface area contributed by atoms with Crippen LogP contribution in [0.25, 0.3) is 5.65 Å². The summed E-state index contributed by atoms with van der Waals surface area (Å²) < 4.78 is 1.95. The third-order valence-corrected chi connectivity index (χ3v) is 2.53. The highest BCUT2D eigenvalue weighted by molar-refractivity contribution is 6.30. The molecule has 0 bridgehead atoms. The van der Waals surface area contributed by atoms with Gasteiger partial charge in [0.1, 0.15) is 5.65 Å². The number of pyridine rings is 1. The summed E-state index contributed by atoms with van der Waals surface area (Å²) in [5.41, 5.74) is 1.92. The SMILES string of the molecule is C=C(Cl)CNCc1cnc2ccc(Cl)cn12. The Morgan fingerprint density at radius 1 is 1.50 bits per heavy atom. The van der Waals surface area contributed by atoms with E-state index in [2.05, 4.69) is 16.9 Å². The summed E-state index contributed by atoms with van der Waals surface area (Å²) in [5, 5.41) is 4.44. The van der Waals surface area contributed by atoms with Gasteiger partial charge in [-0.15, -0.1) is 0 Å². The molecule has 0 saturated carbocycles. The van der Waals surface area contributed by atoms with E-state index < -0.39 is 0 Å². The molecule has 84 valence electrons. The Balaban J connectivity index is 2.17. The van der Waals surface area contributed by atoms with Gasteiger partial charge in [0.15, 0.2) is 0 Å². The zero-order valence-corrected chi connectivity index (χ0v) is 10.1. The Morgan fingerprint density at radius 3 is 3.06 bits per heavy atom. The average molecular weight is 256 g/mol. The summed E-state index contributed by atoms with van der Waals surface area (Å²) >= 11 is 11.6. The second-order valence-electron chi connectivity index (χ2n) is 3.45. The maximum Gasteiger partial charge on any atom is 0.137 e. The molecule has 0 atom stereocenters. The van der Waals surface area contributed by atoms with Gasteiger partial charge in [0.25, 0.3) is 0 Å². The van der Waals surface area contributed by atoms with Gasteiger partial charge in [-0.3, -0.25) is 0 Å². The Bertz CT molecular complexity index is 519. The van der Waals surface area contributed by atoms with E-state index in [9.17, 15) is 0 Å². The lowest BCUT2D eigenvalue weighted by atomic mass is 10.4. The lowest BCUT2D eigenvalue weighted by Crippen LogP contribution is -2.15. The van der Waals surface area contributed by atoms with Crippen LogP contribution in [0, 0.1) is 0 Å². The molecule has 5 heteroatoms. The smallest absolute Gasteiger partial charge is 0.137 e. The monoisotopic (exact) mass is 255 g/mol. The third-order valence-electron chi connectivity index (χ3n) is 2.17. The minimum absolute atomic E-state index is 0.579. The van der Waals surface area contributed by atoms with Crippen molar-refractivity contribution < 1.29 is 0 Å².